The number of ether oxygens (including phenoxy) is 1. The molecule has 1 saturated heterocycles. The van der Waals surface area contributed by atoms with Crippen LogP contribution in [-0.2, 0) is 14.9 Å². The third kappa shape index (κ3) is 7.68. The van der Waals surface area contributed by atoms with Gasteiger partial charge < -0.3 is 19.9 Å². The van der Waals surface area contributed by atoms with Crippen molar-refractivity contribution in [1.82, 2.24) is 29.1 Å². The fourth-order valence-electron chi connectivity index (χ4n) is 4.58. The Hall–Kier alpha value is -4.41. The zero-order valence-electron chi connectivity index (χ0n) is 26.2. The van der Waals surface area contributed by atoms with Gasteiger partial charge in [0.2, 0.25) is 5.95 Å². The van der Waals surface area contributed by atoms with E-state index in [1.807, 2.05) is 32.9 Å². The average Bonchev–Trinajstić information content (AvgIpc) is 3.51. The van der Waals surface area contributed by atoms with E-state index in [9.17, 15) is 13.2 Å². The number of pyridine rings is 1. The minimum atomic E-state index is -3.92. The van der Waals surface area contributed by atoms with E-state index >= 15 is 4.39 Å². The number of carbonyl (C=O) groups is 1. The molecule has 46 heavy (non-hydrogen) atoms. The second-order valence-electron chi connectivity index (χ2n) is 11.5. The van der Waals surface area contributed by atoms with E-state index in [1.165, 1.54) is 24.5 Å². The molecule has 1 aliphatic rings. The Morgan fingerprint density at radius 3 is 2.52 bits per heavy atom. The Bertz CT molecular complexity index is 1790. The first-order valence-corrected chi connectivity index (χ1v) is 16.9. The van der Waals surface area contributed by atoms with Crippen LogP contribution in [0.3, 0.4) is 0 Å². The second-order valence-corrected chi connectivity index (χ2v) is 14.1. The molecule has 0 atom stereocenters. The Balaban J connectivity index is 1.27. The van der Waals surface area contributed by atoms with Crippen molar-refractivity contribution in [3.05, 3.63) is 60.1 Å². The molecule has 0 radical (unpaired) electrons. The van der Waals surface area contributed by atoms with Gasteiger partial charge >= 0.3 is 16.3 Å². The molecule has 3 aromatic heterocycles. The summed E-state index contributed by atoms with van der Waals surface area (Å²) in [5.74, 6) is 0.0687. The van der Waals surface area contributed by atoms with Gasteiger partial charge in [0.15, 0.2) is 5.82 Å². The number of hydrogen-bond donors (Lipinski definition) is 2. The first-order chi connectivity index (χ1) is 21.8. The number of halogens is 1. The van der Waals surface area contributed by atoms with Crippen molar-refractivity contribution in [1.29, 1.82) is 0 Å². The predicted molar refractivity (Wildman–Crippen MR) is 177 cm³/mol. The third-order valence-corrected chi connectivity index (χ3v) is 9.49. The highest BCUT2D eigenvalue weighted by Gasteiger charge is 2.26. The molecule has 2 N–H and O–H groups in total. The highest BCUT2D eigenvalue weighted by Crippen LogP contribution is 2.37. The number of nitrogens with zero attached hydrogens (tertiary/aromatic N) is 7. The van der Waals surface area contributed by atoms with Gasteiger partial charge in [-0.1, -0.05) is 13.0 Å². The van der Waals surface area contributed by atoms with E-state index in [0.29, 0.717) is 48.3 Å². The molecule has 244 valence electrons. The monoisotopic (exact) mass is 669 g/mol. The molecule has 1 aliphatic heterocycles. The van der Waals surface area contributed by atoms with E-state index in [2.05, 4.69) is 34.9 Å². The maximum atomic E-state index is 15.6. The molecular formula is C30H36FN9O4S2. The fourth-order valence-corrected chi connectivity index (χ4v) is 6.28. The number of amides is 1. The molecule has 1 amide bonds. The predicted octanol–water partition coefficient (Wildman–Crippen LogP) is 5.21. The van der Waals surface area contributed by atoms with Crippen LogP contribution < -0.4 is 14.9 Å². The molecule has 13 nitrogen and oxygen atoms in total. The van der Waals surface area contributed by atoms with Crippen LogP contribution in [0.2, 0.25) is 0 Å². The maximum Gasteiger partial charge on any atom is 0.410 e. The number of anilines is 4. The van der Waals surface area contributed by atoms with Crippen molar-refractivity contribution in [3.8, 4) is 21.8 Å². The minimum absolute atomic E-state index is 0.132. The van der Waals surface area contributed by atoms with E-state index in [0.717, 1.165) is 9.99 Å². The largest absolute Gasteiger partial charge is 0.444 e. The van der Waals surface area contributed by atoms with E-state index in [1.54, 1.807) is 47.9 Å². The van der Waals surface area contributed by atoms with Gasteiger partial charge in [-0.25, -0.2) is 29.1 Å². The first kappa shape index (κ1) is 33.0. The van der Waals surface area contributed by atoms with Crippen molar-refractivity contribution in [3.63, 3.8) is 0 Å². The molecule has 0 saturated carbocycles. The molecule has 0 bridgehead atoms. The summed E-state index contributed by atoms with van der Waals surface area (Å²) in [7, 11) is -2.51. The van der Waals surface area contributed by atoms with Gasteiger partial charge in [-0.2, -0.15) is 12.7 Å². The summed E-state index contributed by atoms with van der Waals surface area (Å²) in [6.45, 7) is 9.88. The van der Waals surface area contributed by atoms with Crippen LogP contribution in [0, 0.1) is 5.82 Å². The van der Waals surface area contributed by atoms with Gasteiger partial charge in [0.25, 0.3) is 0 Å². The molecule has 0 spiro atoms. The summed E-state index contributed by atoms with van der Waals surface area (Å²) in [5, 5.41) is 3.11. The summed E-state index contributed by atoms with van der Waals surface area (Å²) in [4.78, 5) is 34.7. The Labute approximate surface area is 271 Å². The lowest BCUT2D eigenvalue weighted by molar-refractivity contribution is 0.0240. The van der Waals surface area contributed by atoms with Crippen LogP contribution in [0.25, 0.3) is 21.8 Å². The van der Waals surface area contributed by atoms with Gasteiger partial charge in [0.05, 0.1) is 39.3 Å². The number of rotatable bonds is 9. The highest BCUT2D eigenvalue weighted by atomic mass is 32.2. The maximum absolute atomic E-state index is 15.6. The smallest absolute Gasteiger partial charge is 0.410 e. The Kier molecular flexibility index (Phi) is 9.69. The molecule has 0 unspecified atom stereocenters. The first-order valence-electron chi connectivity index (χ1n) is 14.6. The van der Waals surface area contributed by atoms with Crippen molar-refractivity contribution in [2.24, 2.45) is 0 Å². The Morgan fingerprint density at radius 2 is 1.85 bits per heavy atom. The number of carbonyl (C=O) groups excluding carboxylic acids is 1. The van der Waals surface area contributed by atoms with Gasteiger partial charge in [-0.3, -0.25) is 4.72 Å². The third-order valence-electron chi connectivity index (χ3n) is 7.09. The van der Waals surface area contributed by atoms with Crippen LogP contribution in [0.5, 0.6) is 0 Å². The molecule has 5 rings (SSSR count). The standard InChI is InChI=1S/C30H36FN9O4S2/c1-6-38(5)46(42,43)37-22-9-7-8-21(25(22)31)26-27(45-19-34-26)23-12-13-32-28(35-23)36-24-11-10-20(18-33-24)39-14-16-40(17-15-39)29(41)44-30(2,3)4/h7-13,18-19,37H,6,14-17H2,1-5H3,(H,32,33,35,36). The molecular weight excluding hydrogens is 634 g/mol. The summed E-state index contributed by atoms with van der Waals surface area (Å²) in [5.41, 5.74) is 2.75. The topological polar surface area (TPSA) is 146 Å². The second kappa shape index (κ2) is 13.5. The van der Waals surface area contributed by atoms with Gasteiger partial charge in [-0.15, -0.1) is 11.3 Å². The van der Waals surface area contributed by atoms with Gasteiger partial charge in [0, 0.05) is 51.5 Å². The van der Waals surface area contributed by atoms with E-state index in [-0.39, 0.29) is 29.8 Å². The van der Waals surface area contributed by atoms with Crippen LogP contribution in [0.15, 0.2) is 54.3 Å². The number of nitrogens with one attached hydrogen (secondary N) is 2. The van der Waals surface area contributed by atoms with Crippen molar-refractivity contribution >= 4 is 50.8 Å². The van der Waals surface area contributed by atoms with Crippen LogP contribution >= 0.6 is 11.3 Å². The average molecular weight is 670 g/mol. The van der Waals surface area contributed by atoms with Crippen molar-refractivity contribution in [2.45, 2.75) is 33.3 Å². The quantitative estimate of drug-likeness (QED) is 0.244. The zero-order valence-corrected chi connectivity index (χ0v) is 27.8. The fraction of sp³-hybridized carbons (Fsp3) is 0.367. The number of benzene rings is 1. The van der Waals surface area contributed by atoms with Crippen LogP contribution in [0.4, 0.5) is 32.3 Å². The minimum Gasteiger partial charge on any atom is -0.444 e. The number of thiazole rings is 1. The molecule has 1 fully saturated rings. The van der Waals surface area contributed by atoms with Crippen LogP contribution in [-0.4, -0.2) is 89.0 Å². The van der Waals surface area contributed by atoms with Crippen molar-refractivity contribution in [2.75, 3.05) is 54.7 Å². The normalized spacial score (nSPS) is 14.0. The highest BCUT2D eigenvalue weighted by molar-refractivity contribution is 7.90. The van der Waals surface area contributed by atoms with Gasteiger partial charge in [0.1, 0.15) is 11.4 Å². The van der Waals surface area contributed by atoms with E-state index < -0.39 is 21.6 Å². The molecule has 1 aromatic carbocycles. The molecule has 0 aliphatic carbocycles. The molecule has 4 aromatic rings. The van der Waals surface area contributed by atoms with E-state index in [4.69, 9.17) is 4.74 Å². The lowest BCUT2D eigenvalue weighted by Crippen LogP contribution is -2.50. The Morgan fingerprint density at radius 1 is 1.09 bits per heavy atom. The summed E-state index contributed by atoms with van der Waals surface area (Å²) < 4.78 is 49.5. The van der Waals surface area contributed by atoms with Crippen LogP contribution in [0.1, 0.15) is 27.7 Å². The summed E-state index contributed by atoms with van der Waals surface area (Å²) in [6.07, 6.45) is 3.02. The zero-order chi connectivity index (χ0) is 33.1. The number of aromatic nitrogens is 4. The molecule has 4 heterocycles. The number of hydrogen-bond acceptors (Lipinski definition) is 11. The summed E-state index contributed by atoms with van der Waals surface area (Å²) >= 11 is 1.27. The lowest BCUT2D eigenvalue weighted by Gasteiger charge is -2.36. The molecule has 16 heteroatoms. The number of piperazine rings is 1. The lowest BCUT2D eigenvalue weighted by atomic mass is 10.1. The van der Waals surface area contributed by atoms with Gasteiger partial charge in [-0.05, 0) is 51.1 Å². The van der Waals surface area contributed by atoms with Crippen molar-refractivity contribution < 1.29 is 22.3 Å². The summed E-state index contributed by atoms with van der Waals surface area (Å²) in [6, 6.07) is 9.91. The SMILES string of the molecule is CCN(C)S(=O)(=O)Nc1cccc(-c2ncsc2-c2ccnc(Nc3ccc(N4CCN(C(=O)OC(C)(C)C)CC4)cn3)n2)c1F.